The predicted octanol–water partition coefficient (Wildman–Crippen LogP) is 2.95. The lowest BCUT2D eigenvalue weighted by molar-refractivity contribution is 0.985. The highest BCUT2D eigenvalue weighted by Gasteiger charge is 2.11. The van der Waals surface area contributed by atoms with E-state index in [-0.39, 0.29) is 0 Å². The lowest BCUT2D eigenvalue weighted by atomic mass is 10.1. The Morgan fingerprint density at radius 3 is 2.81 bits per heavy atom. The molecule has 2 rings (SSSR count). The minimum absolute atomic E-state index is 0.496. The number of rotatable bonds is 2. The molecule has 0 bridgehead atoms. The Morgan fingerprint density at radius 1 is 1.44 bits per heavy atom. The summed E-state index contributed by atoms with van der Waals surface area (Å²) in [4.78, 5) is 8.74. The molecule has 0 spiro atoms. The van der Waals surface area contributed by atoms with Crippen LogP contribution in [-0.4, -0.2) is 9.97 Å². The average molecular weight is 229 g/mol. The highest BCUT2D eigenvalue weighted by molar-refractivity contribution is 7.08. The van der Waals surface area contributed by atoms with Crippen molar-refractivity contribution in [2.24, 2.45) is 0 Å². The van der Waals surface area contributed by atoms with Gasteiger partial charge in [0.15, 0.2) is 5.82 Å². The van der Waals surface area contributed by atoms with Gasteiger partial charge in [-0.3, -0.25) is 0 Å². The van der Waals surface area contributed by atoms with E-state index in [2.05, 4.69) is 16.0 Å². The minimum atomic E-state index is 0.496. The minimum Gasteiger partial charge on any atom is -0.233 e. The fourth-order valence-corrected chi connectivity index (χ4v) is 2.27. The topological polar surface area (TPSA) is 49.6 Å². The van der Waals surface area contributed by atoms with Gasteiger partial charge in [0, 0.05) is 22.2 Å². The molecule has 2 aromatic heterocycles. The number of thiophene rings is 1. The third kappa shape index (κ3) is 1.82. The summed E-state index contributed by atoms with van der Waals surface area (Å²) in [6.07, 6.45) is 0.790. The van der Waals surface area contributed by atoms with Gasteiger partial charge in [0.05, 0.1) is 0 Å². The lowest BCUT2D eigenvalue weighted by Gasteiger charge is -2.06. The molecule has 0 aliphatic rings. The third-order valence-corrected chi connectivity index (χ3v) is 3.14. The normalized spacial score (nSPS) is 10.1. The summed E-state index contributed by atoms with van der Waals surface area (Å²) in [5.74, 6) is 0.646. The molecule has 0 atom stereocenters. The second-order valence-electron chi connectivity index (χ2n) is 3.44. The van der Waals surface area contributed by atoms with Crippen molar-refractivity contribution in [2.75, 3.05) is 0 Å². The molecule has 0 saturated carbocycles. The molecule has 0 N–H and O–H groups in total. The van der Waals surface area contributed by atoms with Crippen molar-refractivity contribution < 1.29 is 0 Å². The van der Waals surface area contributed by atoms with Gasteiger partial charge in [-0.05, 0) is 24.8 Å². The molecule has 16 heavy (non-hydrogen) atoms. The maximum absolute atomic E-state index is 9.06. The number of aryl methyl sites for hydroxylation is 1. The number of aromatic nitrogens is 2. The summed E-state index contributed by atoms with van der Waals surface area (Å²) in [6.45, 7) is 3.94. The molecule has 2 aromatic rings. The second kappa shape index (κ2) is 4.42. The number of nitrogens with zero attached hydrogens (tertiary/aromatic N) is 3. The van der Waals surface area contributed by atoms with Gasteiger partial charge in [0.2, 0.25) is 0 Å². The fraction of sp³-hybridized carbons (Fsp3) is 0.250. The monoisotopic (exact) mass is 229 g/mol. The molecule has 0 aliphatic heterocycles. The molecule has 80 valence electrons. The van der Waals surface area contributed by atoms with Gasteiger partial charge in [-0.1, -0.05) is 6.92 Å². The zero-order valence-electron chi connectivity index (χ0n) is 9.19. The van der Waals surface area contributed by atoms with E-state index in [1.807, 2.05) is 30.7 Å². The highest BCUT2D eigenvalue weighted by Crippen LogP contribution is 2.21. The van der Waals surface area contributed by atoms with E-state index in [4.69, 9.17) is 5.26 Å². The van der Waals surface area contributed by atoms with E-state index in [9.17, 15) is 0 Å². The summed E-state index contributed by atoms with van der Waals surface area (Å²) in [5.41, 5.74) is 3.32. The van der Waals surface area contributed by atoms with Crippen molar-refractivity contribution in [2.45, 2.75) is 20.3 Å². The van der Waals surface area contributed by atoms with E-state index in [1.54, 1.807) is 11.3 Å². The Morgan fingerprint density at radius 2 is 2.25 bits per heavy atom. The summed E-state index contributed by atoms with van der Waals surface area (Å²) < 4.78 is 0. The van der Waals surface area contributed by atoms with Crippen LogP contribution in [0, 0.1) is 18.3 Å². The molecule has 2 heterocycles. The molecule has 0 aliphatic carbocycles. The zero-order valence-corrected chi connectivity index (χ0v) is 10.0. The van der Waals surface area contributed by atoms with Crippen molar-refractivity contribution >= 4 is 11.3 Å². The molecule has 4 heteroatoms. The predicted molar refractivity (Wildman–Crippen MR) is 64.2 cm³/mol. The van der Waals surface area contributed by atoms with E-state index in [0.717, 1.165) is 23.2 Å². The van der Waals surface area contributed by atoms with Gasteiger partial charge in [-0.15, -0.1) is 0 Å². The van der Waals surface area contributed by atoms with Crippen LogP contribution < -0.4 is 0 Å². The van der Waals surface area contributed by atoms with Crippen molar-refractivity contribution in [3.63, 3.8) is 0 Å². The van der Waals surface area contributed by atoms with Crippen LogP contribution in [0.3, 0.4) is 0 Å². The summed E-state index contributed by atoms with van der Waals surface area (Å²) >= 11 is 1.60. The van der Waals surface area contributed by atoms with E-state index >= 15 is 0 Å². The molecule has 0 aromatic carbocycles. The van der Waals surface area contributed by atoms with Gasteiger partial charge in [-0.2, -0.15) is 16.6 Å². The van der Waals surface area contributed by atoms with Gasteiger partial charge in [-0.25, -0.2) is 9.97 Å². The van der Waals surface area contributed by atoms with Crippen molar-refractivity contribution in [3.05, 3.63) is 33.8 Å². The molecular formula is C12H11N3S. The van der Waals surface area contributed by atoms with E-state index in [1.165, 1.54) is 0 Å². The van der Waals surface area contributed by atoms with Gasteiger partial charge >= 0.3 is 0 Å². The van der Waals surface area contributed by atoms with E-state index < -0.39 is 0 Å². The Balaban J connectivity index is 2.60. The molecule has 0 saturated heterocycles. The Bertz CT molecular complexity index is 538. The van der Waals surface area contributed by atoms with Crippen LogP contribution in [0.2, 0.25) is 0 Å². The first-order valence-electron chi connectivity index (χ1n) is 5.06. The molecule has 3 nitrogen and oxygen atoms in total. The van der Waals surface area contributed by atoms with Gasteiger partial charge in [0.25, 0.3) is 0 Å². The highest BCUT2D eigenvalue weighted by atomic mass is 32.1. The lowest BCUT2D eigenvalue weighted by Crippen LogP contribution is -2.02. The van der Waals surface area contributed by atoms with Crippen LogP contribution in [0.4, 0.5) is 0 Å². The van der Waals surface area contributed by atoms with Crippen molar-refractivity contribution in [1.82, 2.24) is 9.97 Å². The molecule has 0 fully saturated rings. The Kier molecular flexibility index (Phi) is 2.97. The van der Waals surface area contributed by atoms with Crippen LogP contribution in [0.5, 0.6) is 0 Å². The van der Waals surface area contributed by atoms with Crippen molar-refractivity contribution in [1.29, 1.82) is 5.26 Å². The van der Waals surface area contributed by atoms with Gasteiger partial charge in [0.1, 0.15) is 11.8 Å². The maximum Gasteiger partial charge on any atom is 0.161 e. The smallest absolute Gasteiger partial charge is 0.161 e. The van der Waals surface area contributed by atoms with Crippen LogP contribution in [0.25, 0.3) is 11.4 Å². The van der Waals surface area contributed by atoms with Crippen LogP contribution in [0.15, 0.2) is 16.8 Å². The largest absolute Gasteiger partial charge is 0.233 e. The van der Waals surface area contributed by atoms with Crippen molar-refractivity contribution in [3.8, 4) is 17.5 Å². The second-order valence-corrected chi connectivity index (χ2v) is 4.22. The van der Waals surface area contributed by atoms with Gasteiger partial charge < -0.3 is 0 Å². The Hall–Kier alpha value is -1.73. The molecule has 0 radical (unpaired) electrons. The summed E-state index contributed by atoms with van der Waals surface area (Å²) in [5, 5.41) is 13.0. The first-order chi connectivity index (χ1) is 7.76. The summed E-state index contributed by atoms with van der Waals surface area (Å²) in [6, 6.07) is 4.11. The maximum atomic E-state index is 9.06. The SMILES string of the molecule is CCc1c(C)nc(-c2ccsc2)nc1C#N. The van der Waals surface area contributed by atoms with E-state index in [0.29, 0.717) is 11.5 Å². The first-order valence-corrected chi connectivity index (χ1v) is 6.00. The average Bonchev–Trinajstić information content (AvgIpc) is 2.81. The number of hydrogen-bond acceptors (Lipinski definition) is 4. The number of nitriles is 1. The third-order valence-electron chi connectivity index (χ3n) is 2.45. The zero-order chi connectivity index (χ0) is 11.5. The number of hydrogen-bond donors (Lipinski definition) is 0. The molecule has 0 amide bonds. The first kappa shape index (κ1) is 10.8. The van der Waals surface area contributed by atoms with Crippen LogP contribution in [-0.2, 0) is 6.42 Å². The fourth-order valence-electron chi connectivity index (χ4n) is 1.63. The summed E-state index contributed by atoms with van der Waals surface area (Å²) in [7, 11) is 0. The Labute approximate surface area is 98.4 Å². The quantitative estimate of drug-likeness (QED) is 0.795. The molecule has 0 unspecified atom stereocenters. The standard InChI is InChI=1S/C12H11N3S/c1-3-10-8(2)14-12(15-11(10)6-13)9-4-5-16-7-9/h4-5,7H,3H2,1-2H3. The van der Waals surface area contributed by atoms with Crippen LogP contribution in [0.1, 0.15) is 23.9 Å². The van der Waals surface area contributed by atoms with Crippen LogP contribution >= 0.6 is 11.3 Å². The molecular weight excluding hydrogens is 218 g/mol.